The van der Waals surface area contributed by atoms with Crippen molar-refractivity contribution in [2.45, 2.75) is 64.7 Å². The van der Waals surface area contributed by atoms with Gasteiger partial charge in [-0.2, -0.15) is 0 Å². The van der Waals surface area contributed by atoms with Crippen molar-refractivity contribution >= 4 is 0 Å². The van der Waals surface area contributed by atoms with Crippen LogP contribution in [0.25, 0.3) is 11.4 Å². The van der Waals surface area contributed by atoms with E-state index in [1.54, 1.807) is 12.4 Å². The molecule has 0 aliphatic rings. The maximum Gasteiger partial charge on any atom is 0.194 e. The summed E-state index contributed by atoms with van der Waals surface area (Å²) in [5.74, 6) is -3.75. The molecule has 2 nitrogen and oxygen atoms in total. The summed E-state index contributed by atoms with van der Waals surface area (Å²) in [6.45, 7) is 2.22. The highest BCUT2D eigenvalue weighted by Crippen LogP contribution is 2.21. The van der Waals surface area contributed by atoms with E-state index in [-0.39, 0.29) is 11.4 Å². The molecule has 1 heterocycles. The average molecular weight is 350 g/mol. The first-order valence-electron chi connectivity index (χ1n) is 9.07. The van der Waals surface area contributed by atoms with Crippen LogP contribution in [0.1, 0.15) is 63.9 Å². The van der Waals surface area contributed by atoms with E-state index in [4.69, 9.17) is 0 Å². The number of halogens is 3. The van der Waals surface area contributed by atoms with Crippen molar-refractivity contribution in [3.05, 3.63) is 47.5 Å². The summed E-state index contributed by atoms with van der Waals surface area (Å²) in [6.07, 6.45) is 14.3. The third-order valence-corrected chi connectivity index (χ3v) is 4.27. The summed E-state index contributed by atoms with van der Waals surface area (Å²) in [6, 6.07) is 1.82. The molecule has 2 rings (SSSR count). The molecule has 0 amide bonds. The topological polar surface area (TPSA) is 25.8 Å². The molecule has 136 valence electrons. The number of hydrogen-bond acceptors (Lipinski definition) is 2. The minimum absolute atomic E-state index is 0.134. The van der Waals surface area contributed by atoms with Crippen LogP contribution >= 0.6 is 0 Å². The normalized spacial score (nSPS) is 11.0. The number of unbranched alkanes of at least 4 members (excludes halogenated alkanes) is 7. The fourth-order valence-electron chi connectivity index (χ4n) is 2.78. The Labute approximate surface area is 147 Å². The van der Waals surface area contributed by atoms with Crippen molar-refractivity contribution < 1.29 is 13.2 Å². The molecular weight excluding hydrogens is 325 g/mol. The lowest BCUT2D eigenvalue weighted by molar-refractivity contribution is 0.447. The monoisotopic (exact) mass is 350 g/mol. The van der Waals surface area contributed by atoms with Gasteiger partial charge >= 0.3 is 0 Å². The SMILES string of the molecule is CCCCCCCCCCc1cnc(-c2cc(F)c(F)c(F)c2)nc1. The Kier molecular flexibility index (Phi) is 7.89. The smallest absolute Gasteiger partial charge is 0.194 e. The molecule has 0 aliphatic carbocycles. The molecule has 0 atom stereocenters. The molecule has 1 aromatic heterocycles. The number of nitrogens with zero attached hydrogens (tertiary/aromatic N) is 2. The van der Waals surface area contributed by atoms with Crippen LogP contribution in [0.3, 0.4) is 0 Å². The zero-order valence-corrected chi connectivity index (χ0v) is 14.7. The van der Waals surface area contributed by atoms with Crippen LogP contribution < -0.4 is 0 Å². The zero-order valence-electron chi connectivity index (χ0n) is 14.7. The standard InChI is InChI=1S/C20H25F3N2/c1-2-3-4-5-6-7-8-9-10-15-13-24-20(25-14-15)16-11-17(21)19(23)18(22)12-16/h11-14H,2-10H2,1H3. The first-order chi connectivity index (χ1) is 12.1. The maximum atomic E-state index is 13.3. The van der Waals surface area contributed by atoms with Gasteiger partial charge in [-0.05, 0) is 30.5 Å². The Hall–Kier alpha value is -1.91. The van der Waals surface area contributed by atoms with Gasteiger partial charge in [-0.1, -0.05) is 51.9 Å². The lowest BCUT2D eigenvalue weighted by atomic mass is 10.1. The highest BCUT2D eigenvalue weighted by molar-refractivity contribution is 5.54. The van der Waals surface area contributed by atoms with E-state index in [1.807, 2.05) is 0 Å². The fourth-order valence-corrected chi connectivity index (χ4v) is 2.78. The minimum Gasteiger partial charge on any atom is -0.236 e. The summed E-state index contributed by atoms with van der Waals surface area (Å²) in [4.78, 5) is 8.29. The predicted octanol–water partition coefficient (Wildman–Crippen LogP) is 6.24. The van der Waals surface area contributed by atoms with Gasteiger partial charge in [0.15, 0.2) is 23.3 Å². The maximum absolute atomic E-state index is 13.3. The Morgan fingerprint density at radius 3 is 1.84 bits per heavy atom. The second-order valence-corrected chi connectivity index (χ2v) is 6.39. The van der Waals surface area contributed by atoms with Gasteiger partial charge in [-0.15, -0.1) is 0 Å². The van der Waals surface area contributed by atoms with E-state index < -0.39 is 17.5 Å². The van der Waals surface area contributed by atoms with Gasteiger partial charge in [-0.25, -0.2) is 23.1 Å². The van der Waals surface area contributed by atoms with Gasteiger partial charge in [0.2, 0.25) is 0 Å². The molecule has 1 aromatic carbocycles. The van der Waals surface area contributed by atoms with Crippen LogP contribution in [0.2, 0.25) is 0 Å². The number of benzene rings is 1. The average Bonchev–Trinajstić information content (AvgIpc) is 2.62. The molecule has 0 unspecified atom stereocenters. The van der Waals surface area contributed by atoms with Crippen molar-refractivity contribution in [2.75, 3.05) is 0 Å². The van der Waals surface area contributed by atoms with Gasteiger partial charge in [-0.3, -0.25) is 0 Å². The molecule has 25 heavy (non-hydrogen) atoms. The summed E-state index contributed by atoms with van der Waals surface area (Å²) in [5, 5.41) is 0. The van der Waals surface area contributed by atoms with E-state index in [0.717, 1.165) is 30.5 Å². The van der Waals surface area contributed by atoms with Crippen LogP contribution in [-0.4, -0.2) is 9.97 Å². The molecule has 0 bridgehead atoms. The third kappa shape index (κ3) is 6.15. The van der Waals surface area contributed by atoms with E-state index >= 15 is 0 Å². The molecule has 2 aromatic rings. The van der Waals surface area contributed by atoms with Crippen molar-refractivity contribution in [1.29, 1.82) is 0 Å². The zero-order chi connectivity index (χ0) is 18.1. The van der Waals surface area contributed by atoms with Crippen LogP contribution in [-0.2, 0) is 6.42 Å². The largest absolute Gasteiger partial charge is 0.236 e. The quantitative estimate of drug-likeness (QED) is 0.374. The first-order valence-corrected chi connectivity index (χ1v) is 9.07. The molecule has 0 radical (unpaired) electrons. The molecule has 0 saturated heterocycles. The van der Waals surface area contributed by atoms with E-state index in [1.165, 1.54) is 44.9 Å². The van der Waals surface area contributed by atoms with Gasteiger partial charge in [0.25, 0.3) is 0 Å². The van der Waals surface area contributed by atoms with Gasteiger partial charge < -0.3 is 0 Å². The van der Waals surface area contributed by atoms with Crippen molar-refractivity contribution in [3.8, 4) is 11.4 Å². The lowest BCUT2D eigenvalue weighted by Gasteiger charge is -2.05. The molecule has 0 spiro atoms. The third-order valence-electron chi connectivity index (χ3n) is 4.27. The first kappa shape index (κ1) is 19.4. The number of aromatic nitrogens is 2. The summed E-state index contributed by atoms with van der Waals surface area (Å²) < 4.78 is 39.5. The van der Waals surface area contributed by atoms with Crippen molar-refractivity contribution in [1.82, 2.24) is 9.97 Å². The second-order valence-electron chi connectivity index (χ2n) is 6.39. The van der Waals surface area contributed by atoms with Gasteiger partial charge in [0.1, 0.15) is 0 Å². The van der Waals surface area contributed by atoms with Crippen LogP contribution in [0.4, 0.5) is 13.2 Å². The number of aryl methyl sites for hydroxylation is 1. The molecule has 0 saturated carbocycles. The van der Waals surface area contributed by atoms with Crippen LogP contribution in [0.15, 0.2) is 24.5 Å². The fraction of sp³-hybridized carbons (Fsp3) is 0.500. The van der Waals surface area contributed by atoms with Crippen LogP contribution in [0.5, 0.6) is 0 Å². The number of rotatable bonds is 10. The van der Waals surface area contributed by atoms with E-state index in [0.29, 0.717) is 0 Å². The Morgan fingerprint density at radius 1 is 0.760 bits per heavy atom. The molecule has 0 N–H and O–H groups in total. The summed E-state index contributed by atoms with van der Waals surface area (Å²) in [5.41, 5.74) is 1.13. The van der Waals surface area contributed by atoms with E-state index in [2.05, 4.69) is 16.9 Å². The highest BCUT2D eigenvalue weighted by Gasteiger charge is 2.13. The van der Waals surface area contributed by atoms with Crippen molar-refractivity contribution in [3.63, 3.8) is 0 Å². The number of hydrogen-bond donors (Lipinski definition) is 0. The minimum atomic E-state index is -1.48. The molecular formula is C20H25F3N2. The molecule has 0 fully saturated rings. The Balaban J connectivity index is 1.78. The Morgan fingerprint density at radius 2 is 1.28 bits per heavy atom. The lowest BCUT2D eigenvalue weighted by Crippen LogP contribution is -1.96. The summed E-state index contributed by atoms with van der Waals surface area (Å²) in [7, 11) is 0. The van der Waals surface area contributed by atoms with Crippen molar-refractivity contribution in [2.24, 2.45) is 0 Å². The second kappa shape index (κ2) is 10.2. The van der Waals surface area contributed by atoms with Gasteiger partial charge in [0.05, 0.1) is 0 Å². The highest BCUT2D eigenvalue weighted by atomic mass is 19.2. The van der Waals surface area contributed by atoms with Gasteiger partial charge in [0, 0.05) is 18.0 Å². The van der Waals surface area contributed by atoms with E-state index in [9.17, 15) is 13.2 Å². The summed E-state index contributed by atoms with van der Waals surface area (Å²) >= 11 is 0. The molecule has 0 aliphatic heterocycles. The Bertz CT molecular complexity index is 633. The van der Waals surface area contributed by atoms with Crippen LogP contribution in [0, 0.1) is 17.5 Å². The molecule has 5 heteroatoms. The predicted molar refractivity (Wildman–Crippen MR) is 93.7 cm³/mol.